The zero-order chi connectivity index (χ0) is 22.9. The first-order valence-corrected chi connectivity index (χ1v) is 8.74. The van der Waals surface area contributed by atoms with E-state index in [1.165, 1.54) is 6.92 Å². The smallest absolute Gasteiger partial charge is 0.408 e. The van der Waals surface area contributed by atoms with Gasteiger partial charge in [0, 0.05) is 12.8 Å². The van der Waals surface area contributed by atoms with E-state index in [1.807, 2.05) is 0 Å². The molecule has 0 saturated heterocycles. The Hall–Kier alpha value is -3.18. The monoisotopic (exact) mass is 416 g/mol. The second-order valence-electron chi connectivity index (χ2n) is 7.48. The topological polar surface area (TPSA) is 208 Å². The van der Waals surface area contributed by atoms with Crippen LogP contribution in [0.1, 0.15) is 47.0 Å². The minimum absolute atomic E-state index is 0.505. The maximum Gasteiger partial charge on any atom is 0.408 e. The molecular weight excluding hydrogens is 388 g/mol. The van der Waals surface area contributed by atoms with Crippen molar-refractivity contribution in [3.8, 4) is 0 Å². The first kappa shape index (κ1) is 25.8. The molecule has 29 heavy (non-hydrogen) atoms. The Kier molecular flexibility index (Phi) is 9.77. The third-order valence-corrected chi connectivity index (χ3v) is 3.50. The molecule has 0 fully saturated rings. The average Bonchev–Trinajstić information content (AvgIpc) is 2.50. The van der Waals surface area contributed by atoms with Crippen molar-refractivity contribution >= 4 is 35.6 Å². The molecule has 0 unspecified atom stereocenters. The molecule has 7 N–H and O–H groups in total. The van der Waals surface area contributed by atoms with Crippen molar-refractivity contribution in [2.45, 2.75) is 64.6 Å². The van der Waals surface area contributed by atoms with Crippen molar-refractivity contribution < 1.29 is 38.6 Å². The number of nitrogens with two attached hydrogens (primary N) is 2. The molecule has 12 nitrogen and oxygen atoms in total. The van der Waals surface area contributed by atoms with E-state index in [-0.39, 0.29) is 0 Å². The molecule has 0 radical (unpaired) electrons. The minimum Gasteiger partial charge on any atom is -0.480 e. The normalized spacial score (nSPS) is 14.1. The average molecular weight is 416 g/mol. The van der Waals surface area contributed by atoms with Crippen LogP contribution < -0.4 is 22.1 Å². The Morgan fingerprint density at radius 1 is 0.931 bits per heavy atom. The van der Waals surface area contributed by atoms with Gasteiger partial charge in [-0.1, -0.05) is 0 Å². The molecule has 164 valence electrons. The van der Waals surface area contributed by atoms with E-state index in [0.717, 1.165) is 0 Å². The lowest BCUT2D eigenvalue weighted by molar-refractivity contribution is -0.144. The highest BCUT2D eigenvalue weighted by molar-refractivity contribution is 5.95. The van der Waals surface area contributed by atoms with Gasteiger partial charge in [-0.2, -0.15) is 0 Å². The lowest BCUT2D eigenvalue weighted by Crippen LogP contribution is -2.47. The van der Waals surface area contributed by atoms with Crippen LogP contribution in [0, 0.1) is 5.92 Å². The van der Waals surface area contributed by atoms with E-state index in [0.29, 0.717) is 0 Å². The number of hydrogen-bond acceptors (Lipinski definition) is 7. The molecule has 12 heteroatoms. The molecule has 0 bridgehead atoms. The second kappa shape index (κ2) is 11.0. The fraction of sp³-hybridized carbons (Fsp3) is 0.647. The molecule has 0 heterocycles. The predicted octanol–water partition coefficient (Wildman–Crippen LogP) is -1.20. The first-order valence-electron chi connectivity index (χ1n) is 8.74. The van der Waals surface area contributed by atoms with Gasteiger partial charge in [0.15, 0.2) is 5.78 Å². The van der Waals surface area contributed by atoms with Crippen LogP contribution >= 0.6 is 0 Å². The molecule has 4 amide bonds. The summed E-state index contributed by atoms with van der Waals surface area (Å²) < 4.78 is 5.03. The number of aliphatic carboxylic acids is 1. The van der Waals surface area contributed by atoms with Crippen LogP contribution in [-0.2, 0) is 28.7 Å². The van der Waals surface area contributed by atoms with Crippen LogP contribution in [0.3, 0.4) is 0 Å². The number of amides is 4. The van der Waals surface area contributed by atoms with Gasteiger partial charge in [0.05, 0.1) is 18.4 Å². The number of ketones is 1. The van der Waals surface area contributed by atoms with Crippen LogP contribution in [0.4, 0.5) is 4.79 Å². The number of ether oxygens (including phenoxy) is 1. The quantitative estimate of drug-likeness (QED) is 0.275. The molecule has 0 aliphatic heterocycles. The number of carbonyl (C=O) groups is 6. The number of primary amides is 2. The lowest BCUT2D eigenvalue weighted by Gasteiger charge is -2.23. The van der Waals surface area contributed by atoms with Gasteiger partial charge in [-0.3, -0.25) is 19.2 Å². The SMILES string of the molecule is C[C@H](NC(=O)OC(C)(C)C)C(=O)C[C@H](CC(N)=O)C(=O)N[C@@H](CC(N)=O)C(=O)O. The van der Waals surface area contributed by atoms with Gasteiger partial charge in [-0.25, -0.2) is 9.59 Å². The number of carboxylic acids is 1. The van der Waals surface area contributed by atoms with Crippen molar-refractivity contribution in [1.82, 2.24) is 10.6 Å². The van der Waals surface area contributed by atoms with Crippen LogP contribution in [0.15, 0.2) is 0 Å². The van der Waals surface area contributed by atoms with Gasteiger partial charge in [-0.05, 0) is 27.7 Å². The summed E-state index contributed by atoms with van der Waals surface area (Å²) in [5, 5.41) is 13.4. The maximum atomic E-state index is 12.3. The van der Waals surface area contributed by atoms with Gasteiger partial charge in [0.25, 0.3) is 0 Å². The minimum atomic E-state index is -1.62. The van der Waals surface area contributed by atoms with E-state index < -0.39 is 78.4 Å². The zero-order valence-electron chi connectivity index (χ0n) is 16.8. The highest BCUT2D eigenvalue weighted by atomic mass is 16.6. The Labute approximate surface area is 167 Å². The number of carbonyl (C=O) groups excluding carboxylic acids is 5. The molecule has 0 spiro atoms. The maximum absolute atomic E-state index is 12.3. The molecule has 0 saturated carbocycles. The van der Waals surface area contributed by atoms with Gasteiger partial charge >= 0.3 is 12.1 Å². The van der Waals surface area contributed by atoms with E-state index in [4.69, 9.17) is 21.3 Å². The molecule has 0 rings (SSSR count). The summed E-state index contributed by atoms with van der Waals surface area (Å²) in [4.78, 5) is 69.8. The van der Waals surface area contributed by atoms with Crippen molar-refractivity contribution in [2.75, 3.05) is 0 Å². The molecular formula is C17H28N4O8. The van der Waals surface area contributed by atoms with Crippen LogP contribution in [0.25, 0.3) is 0 Å². The van der Waals surface area contributed by atoms with E-state index in [2.05, 4.69) is 10.6 Å². The molecule has 0 aliphatic carbocycles. The number of alkyl carbamates (subject to hydrolysis) is 1. The highest BCUT2D eigenvalue weighted by Gasteiger charge is 2.31. The predicted molar refractivity (Wildman–Crippen MR) is 99.1 cm³/mol. The van der Waals surface area contributed by atoms with Crippen LogP contribution in [-0.4, -0.2) is 58.4 Å². The van der Waals surface area contributed by atoms with Crippen molar-refractivity contribution in [3.05, 3.63) is 0 Å². The molecule has 0 aliphatic rings. The summed E-state index contributed by atoms with van der Waals surface area (Å²) in [6, 6.07) is -2.67. The van der Waals surface area contributed by atoms with E-state index in [1.54, 1.807) is 20.8 Å². The van der Waals surface area contributed by atoms with Crippen LogP contribution in [0.5, 0.6) is 0 Å². The van der Waals surface area contributed by atoms with Crippen molar-refractivity contribution in [1.29, 1.82) is 0 Å². The van der Waals surface area contributed by atoms with Gasteiger partial charge in [0.1, 0.15) is 11.6 Å². The summed E-state index contributed by atoms with van der Waals surface area (Å²) >= 11 is 0. The number of Topliss-reactive ketones (excluding diaryl/α,β-unsaturated/α-hetero) is 1. The fourth-order valence-electron chi connectivity index (χ4n) is 2.18. The Balaban J connectivity index is 5.13. The lowest BCUT2D eigenvalue weighted by atomic mass is 9.94. The van der Waals surface area contributed by atoms with Gasteiger partial charge < -0.3 is 31.9 Å². The van der Waals surface area contributed by atoms with Crippen molar-refractivity contribution in [2.24, 2.45) is 17.4 Å². The van der Waals surface area contributed by atoms with Crippen molar-refractivity contribution in [3.63, 3.8) is 0 Å². The molecule has 0 aromatic rings. The number of nitrogens with one attached hydrogen (secondary N) is 2. The van der Waals surface area contributed by atoms with Gasteiger partial charge in [-0.15, -0.1) is 0 Å². The third-order valence-electron chi connectivity index (χ3n) is 3.50. The summed E-state index contributed by atoms with van der Waals surface area (Å²) in [5.41, 5.74) is 9.25. The van der Waals surface area contributed by atoms with E-state index in [9.17, 15) is 28.8 Å². The summed E-state index contributed by atoms with van der Waals surface area (Å²) in [6.07, 6.45) is -2.56. The molecule has 0 aromatic heterocycles. The fourth-order valence-corrected chi connectivity index (χ4v) is 2.18. The number of carboxylic acid groups (broad SMARTS) is 1. The summed E-state index contributed by atoms with van der Waals surface area (Å²) in [7, 11) is 0. The molecule has 0 aromatic carbocycles. The zero-order valence-corrected chi connectivity index (χ0v) is 16.8. The summed E-state index contributed by atoms with van der Waals surface area (Å²) in [6.45, 7) is 6.27. The number of hydrogen-bond donors (Lipinski definition) is 5. The third kappa shape index (κ3) is 11.3. The Morgan fingerprint density at radius 2 is 1.45 bits per heavy atom. The highest BCUT2D eigenvalue weighted by Crippen LogP contribution is 2.13. The Bertz CT molecular complexity index is 671. The largest absolute Gasteiger partial charge is 0.480 e. The summed E-state index contributed by atoms with van der Waals surface area (Å²) in [5.74, 6) is -6.24. The Morgan fingerprint density at radius 3 is 1.86 bits per heavy atom. The number of rotatable bonds is 11. The standard InChI is InChI=1S/C17H28N4O8/c1-8(20-16(28)29-17(2,3)4)11(22)5-9(6-12(18)23)14(25)21-10(15(26)27)7-13(19)24/h8-10H,5-7H2,1-4H3,(H2,18,23)(H2,19,24)(H,20,28)(H,21,25)(H,26,27)/t8-,9+,10-/m0/s1. The van der Waals surface area contributed by atoms with Gasteiger partial charge in [0.2, 0.25) is 17.7 Å². The van der Waals surface area contributed by atoms with E-state index >= 15 is 0 Å². The first-order chi connectivity index (χ1) is 13.1. The van der Waals surface area contributed by atoms with Crippen LogP contribution in [0.2, 0.25) is 0 Å². The molecule has 3 atom stereocenters. The second-order valence-corrected chi connectivity index (χ2v) is 7.48.